The second-order valence-electron chi connectivity index (χ2n) is 4.15. The van der Waals surface area contributed by atoms with Crippen LogP contribution in [0.4, 0.5) is 0 Å². The number of halogens is 1. The Morgan fingerprint density at radius 3 is 2.47 bits per heavy atom. The number of ketones is 1. The van der Waals surface area contributed by atoms with Gasteiger partial charge in [-0.05, 0) is 34.8 Å². The molecule has 0 saturated heterocycles. The van der Waals surface area contributed by atoms with Gasteiger partial charge in [0.1, 0.15) is 0 Å². The smallest absolute Gasteiger partial charge is 0.202 e. The first-order valence-corrected chi connectivity index (χ1v) is 6.35. The van der Waals surface area contributed by atoms with Crippen LogP contribution in [0.25, 0.3) is 0 Å². The molecule has 0 radical (unpaired) electrons. The van der Waals surface area contributed by atoms with E-state index in [0.717, 1.165) is 17.3 Å². The van der Waals surface area contributed by atoms with Crippen LogP contribution in [-0.4, -0.2) is 5.78 Å². The van der Waals surface area contributed by atoms with Gasteiger partial charge in [-0.2, -0.15) is 0 Å². The van der Waals surface area contributed by atoms with Crippen LogP contribution in [-0.2, 0) is 0 Å². The number of hydrogen-bond acceptors (Lipinski definition) is 2. The summed E-state index contributed by atoms with van der Waals surface area (Å²) in [4.78, 5) is 12.1. The van der Waals surface area contributed by atoms with Crippen LogP contribution in [0.3, 0.4) is 0 Å². The van der Waals surface area contributed by atoms with E-state index in [0.29, 0.717) is 5.76 Å². The lowest BCUT2D eigenvalue weighted by atomic mass is 9.94. The summed E-state index contributed by atoms with van der Waals surface area (Å²) in [6.45, 7) is 0. The fraction of sp³-hybridized carbons (Fsp3) is 0.583. The van der Waals surface area contributed by atoms with Crippen LogP contribution >= 0.6 is 15.9 Å². The van der Waals surface area contributed by atoms with E-state index in [9.17, 15) is 4.79 Å². The summed E-state index contributed by atoms with van der Waals surface area (Å²) >= 11 is 3.34. The molecule has 3 heteroatoms. The molecule has 2 rings (SSSR count). The van der Waals surface area contributed by atoms with Gasteiger partial charge in [0.05, 0.1) is 10.7 Å². The summed E-state index contributed by atoms with van der Waals surface area (Å²) in [5, 5.41) is 0. The van der Waals surface area contributed by atoms with E-state index in [1.807, 2.05) is 0 Å². The third-order valence-electron chi connectivity index (χ3n) is 3.07. The minimum absolute atomic E-state index is 0.175. The zero-order chi connectivity index (χ0) is 10.7. The highest BCUT2D eigenvalue weighted by molar-refractivity contribution is 9.10. The number of rotatable bonds is 2. The summed E-state index contributed by atoms with van der Waals surface area (Å²) in [5.41, 5.74) is 0. The number of carbonyl (C=O) groups is 1. The van der Waals surface area contributed by atoms with Gasteiger partial charge in [0, 0.05) is 5.92 Å². The molecule has 1 aliphatic rings. The molecule has 0 N–H and O–H groups in total. The number of Topliss-reactive ketones (excluding diaryl/α,β-unsaturated/α-hetero) is 1. The average molecular weight is 271 g/mol. The van der Waals surface area contributed by atoms with Crippen LogP contribution in [0.15, 0.2) is 21.2 Å². The minimum atomic E-state index is 0.175. The minimum Gasteiger partial charge on any atom is -0.460 e. The Kier molecular flexibility index (Phi) is 3.62. The molecule has 15 heavy (non-hydrogen) atoms. The van der Waals surface area contributed by atoms with E-state index in [-0.39, 0.29) is 11.7 Å². The molecule has 1 aromatic heterocycles. The largest absolute Gasteiger partial charge is 0.460 e. The molecule has 82 valence electrons. The Balaban J connectivity index is 2.09. The molecule has 0 aromatic carbocycles. The molecule has 0 spiro atoms. The maximum Gasteiger partial charge on any atom is 0.202 e. The maximum atomic E-state index is 12.1. The SMILES string of the molecule is O=C(c1occc1Br)C1CCCCCC1. The van der Waals surface area contributed by atoms with Crippen molar-refractivity contribution in [3.63, 3.8) is 0 Å². The lowest BCUT2D eigenvalue weighted by Gasteiger charge is -2.10. The van der Waals surface area contributed by atoms with E-state index in [1.165, 1.54) is 25.7 Å². The van der Waals surface area contributed by atoms with Gasteiger partial charge in [-0.3, -0.25) is 4.79 Å². The topological polar surface area (TPSA) is 30.2 Å². The van der Waals surface area contributed by atoms with Gasteiger partial charge in [0.25, 0.3) is 0 Å². The summed E-state index contributed by atoms with van der Waals surface area (Å²) < 4.78 is 6.01. The lowest BCUT2D eigenvalue weighted by molar-refractivity contribution is 0.0878. The van der Waals surface area contributed by atoms with Crippen molar-refractivity contribution in [3.05, 3.63) is 22.6 Å². The van der Waals surface area contributed by atoms with E-state index < -0.39 is 0 Å². The maximum absolute atomic E-state index is 12.1. The van der Waals surface area contributed by atoms with Crippen LogP contribution in [0, 0.1) is 5.92 Å². The van der Waals surface area contributed by atoms with Crippen molar-refractivity contribution in [2.45, 2.75) is 38.5 Å². The standard InChI is InChI=1S/C12H15BrO2/c13-10-7-8-15-12(10)11(14)9-5-3-1-2-4-6-9/h7-9H,1-6H2. The van der Waals surface area contributed by atoms with Gasteiger partial charge in [-0.1, -0.05) is 25.7 Å². The molecule has 2 nitrogen and oxygen atoms in total. The molecular weight excluding hydrogens is 256 g/mol. The molecule has 1 heterocycles. The Morgan fingerprint density at radius 1 is 1.27 bits per heavy atom. The normalized spacial score (nSPS) is 18.7. The van der Waals surface area contributed by atoms with Gasteiger partial charge in [0.2, 0.25) is 5.78 Å². The number of carbonyl (C=O) groups excluding carboxylic acids is 1. The summed E-state index contributed by atoms with van der Waals surface area (Å²) in [6.07, 6.45) is 8.49. The molecule has 1 aromatic rings. The van der Waals surface area contributed by atoms with Crippen LogP contribution in [0.5, 0.6) is 0 Å². The first-order valence-electron chi connectivity index (χ1n) is 5.56. The molecule has 0 unspecified atom stereocenters. The van der Waals surface area contributed by atoms with Gasteiger partial charge in [-0.15, -0.1) is 0 Å². The molecule has 0 atom stereocenters. The fourth-order valence-corrected chi connectivity index (χ4v) is 2.59. The average Bonchev–Trinajstić information content (AvgIpc) is 2.53. The Bertz CT molecular complexity index is 335. The molecule has 0 bridgehead atoms. The van der Waals surface area contributed by atoms with E-state index in [2.05, 4.69) is 15.9 Å². The molecule has 1 saturated carbocycles. The summed E-state index contributed by atoms with van der Waals surface area (Å²) in [6, 6.07) is 1.78. The first kappa shape index (κ1) is 10.9. The quantitative estimate of drug-likeness (QED) is 0.596. The van der Waals surface area contributed by atoms with Crippen molar-refractivity contribution in [2.24, 2.45) is 5.92 Å². The zero-order valence-electron chi connectivity index (χ0n) is 8.67. The Morgan fingerprint density at radius 2 is 1.93 bits per heavy atom. The highest BCUT2D eigenvalue weighted by Crippen LogP contribution is 2.29. The molecule has 0 amide bonds. The predicted molar refractivity (Wildman–Crippen MR) is 61.9 cm³/mol. The van der Waals surface area contributed by atoms with Crippen molar-refractivity contribution in [3.8, 4) is 0 Å². The second kappa shape index (κ2) is 4.97. The van der Waals surface area contributed by atoms with Gasteiger partial charge >= 0.3 is 0 Å². The van der Waals surface area contributed by atoms with Gasteiger partial charge in [-0.25, -0.2) is 0 Å². The molecule has 1 fully saturated rings. The fourth-order valence-electron chi connectivity index (χ4n) is 2.20. The monoisotopic (exact) mass is 270 g/mol. The first-order chi connectivity index (χ1) is 7.29. The summed E-state index contributed by atoms with van der Waals surface area (Å²) in [5.74, 6) is 0.852. The van der Waals surface area contributed by atoms with Crippen LogP contribution in [0.1, 0.15) is 49.1 Å². The third-order valence-corrected chi connectivity index (χ3v) is 3.69. The van der Waals surface area contributed by atoms with Crippen LogP contribution in [0.2, 0.25) is 0 Å². The van der Waals surface area contributed by atoms with Gasteiger partial charge < -0.3 is 4.42 Å². The van der Waals surface area contributed by atoms with Crippen molar-refractivity contribution < 1.29 is 9.21 Å². The number of furan rings is 1. The third kappa shape index (κ3) is 2.51. The highest BCUT2D eigenvalue weighted by Gasteiger charge is 2.25. The predicted octanol–water partition coefficient (Wildman–Crippen LogP) is 4.20. The molecule has 1 aliphatic carbocycles. The van der Waals surface area contributed by atoms with Crippen LogP contribution < -0.4 is 0 Å². The summed E-state index contributed by atoms with van der Waals surface area (Å²) in [7, 11) is 0. The van der Waals surface area contributed by atoms with Crippen molar-refractivity contribution in [1.29, 1.82) is 0 Å². The van der Waals surface area contributed by atoms with Crippen molar-refractivity contribution in [1.82, 2.24) is 0 Å². The van der Waals surface area contributed by atoms with Crippen molar-refractivity contribution in [2.75, 3.05) is 0 Å². The zero-order valence-corrected chi connectivity index (χ0v) is 10.3. The second-order valence-corrected chi connectivity index (χ2v) is 5.00. The van der Waals surface area contributed by atoms with Crippen molar-refractivity contribution >= 4 is 21.7 Å². The van der Waals surface area contributed by atoms with E-state index in [4.69, 9.17) is 4.42 Å². The highest BCUT2D eigenvalue weighted by atomic mass is 79.9. The molecule has 0 aliphatic heterocycles. The Hall–Kier alpha value is -0.570. The van der Waals surface area contributed by atoms with E-state index in [1.54, 1.807) is 12.3 Å². The lowest BCUT2D eigenvalue weighted by Crippen LogP contribution is -2.13. The number of hydrogen-bond donors (Lipinski definition) is 0. The molecular formula is C12H15BrO2. The Labute approximate surface area is 98.2 Å². The van der Waals surface area contributed by atoms with Gasteiger partial charge in [0.15, 0.2) is 5.76 Å². The van der Waals surface area contributed by atoms with E-state index >= 15 is 0 Å².